The fourth-order valence-corrected chi connectivity index (χ4v) is 3.52. The fraction of sp³-hybridized carbons (Fsp3) is 0.579. The summed E-state index contributed by atoms with van der Waals surface area (Å²) in [7, 11) is 3.46. The standard InChI is InChI=1S/C19H29N3O2.ClH/c1-14-11-15(7-8-16(14)18(24)22(2)3)21-17(23)12-19(13-20)9-5-4-6-10-19;/h7-8,11H,4-6,9-10,12-13,20H2,1-3H3,(H,21,23);1H. The minimum atomic E-state index is -0.0434. The van der Waals surface area contributed by atoms with Gasteiger partial charge in [-0.3, -0.25) is 9.59 Å². The van der Waals surface area contributed by atoms with Gasteiger partial charge in [-0.1, -0.05) is 19.3 Å². The van der Waals surface area contributed by atoms with Crippen LogP contribution in [0.15, 0.2) is 18.2 Å². The van der Waals surface area contributed by atoms with Crippen LogP contribution in [-0.4, -0.2) is 37.4 Å². The molecular formula is C19H30ClN3O2. The normalized spacial score (nSPS) is 15.8. The van der Waals surface area contributed by atoms with Gasteiger partial charge in [-0.05, 0) is 55.5 Å². The van der Waals surface area contributed by atoms with E-state index in [4.69, 9.17) is 5.73 Å². The highest BCUT2D eigenvalue weighted by Gasteiger charge is 2.33. The maximum atomic E-state index is 12.4. The van der Waals surface area contributed by atoms with E-state index < -0.39 is 0 Å². The number of hydrogen-bond acceptors (Lipinski definition) is 3. The Morgan fingerprint density at radius 2 is 1.84 bits per heavy atom. The molecule has 1 aromatic rings. The molecule has 0 heterocycles. The molecule has 3 N–H and O–H groups in total. The zero-order valence-electron chi connectivity index (χ0n) is 15.4. The second kappa shape index (κ2) is 9.20. The van der Waals surface area contributed by atoms with Gasteiger partial charge >= 0.3 is 0 Å². The third-order valence-electron chi connectivity index (χ3n) is 5.03. The number of nitrogens with zero attached hydrogens (tertiary/aromatic N) is 1. The molecule has 1 aliphatic carbocycles. The molecular weight excluding hydrogens is 338 g/mol. The van der Waals surface area contributed by atoms with Crippen molar-refractivity contribution in [2.24, 2.45) is 11.1 Å². The highest BCUT2D eigenvalue weighted by atomic mass is 35.5. The molecule has 5 nitrogen and oxygen atoms in total. The molecule has 0 spiro atoms. The zero-order chi connectivity index (χ0) is 17.7. The summed E-state index contributed by atoms with van der Waals surface area (Å²) in [6.07, 6.45) is 6.10. The van der Waals surface area contributed by atoms with Gasteiger partial charge in [0, 0.05) is 31.8 Å². The summed E-state index contributed by atoms with van der Waals surface area (Å²) in [6, 6.07) is 5.41. The zero-order valence-corrected chi connectivity index (χ0v) is 16.2. The van der Waals surface area contributed by atoms with Gasteiger partial charge in [0.05, 0.1) is 0 Å². The first-order chi connectivity index (χ1) is 11.4. The highest BCUT2D eigenvalue weighted by Crippen LogP contribution is 2.38. The summed E-state index contributed by atoms with van der Waals surface area (Å²) < 4.78 is 0. The Bertz CT molecular complexity index is 611. The van der Waals surface area contributed by atoms with Crippen molar-refractivity contribution in [2.75, 3.05) is 26.0 Å². The van der Waals surface area contributed by atoms with Gasteiger partial charge in [-0.25, -0.2) is 0 Å². The number of anilines is 1. The first-order valence-corrected chi connectivity index (χ1v) is 8.69. The first kappa shape index (κ1) is 21.5. The molecule has 0 radical (unpaired) electrons. The lowest BCUT2D eigenvalue weighted by Crippen LogP contribution is -2.36. The van der Waals surface area contributed by atoms with Crippen molar-refractivity contribution >= 4 is 29.9 Å². The molecule has 2 amide bonds. The number of carbonyl (C=O) groups is 2. The second-order valence-electron chi connectivity index (χ2n) is 7.22. The van der Waals surface area contributed by atoms with Crippen LogP contribution in [0.2, 0.25) is 0 Å². The quantitative estimate of drug-likeness (QED) is 0.837. The molecule has 2 rings (SSSR count). The van der Waals surface area contributed by atoms with E-state index in [-0.39, 0.29) is 29.6 Å². The molecule has 0 aromatic heterocycles. The first-order valence-electron chi connectivity index (χ1n) is 8.69. The lowest BCUT2D eigenvalue weighted by Gasteiger charge is -2.35. The average molecular weight is 368 g/mol. The monoisotopic (exact) mass is 367 g/mol. The summed E-state index contributed by atoms with van der Waals surface area (Å²) in [5.74, 6) is -0.0249. The van der Waals surface area contributed by atoms with E-state index in [0.717, 1.165) is 36.9 Å². The molecule has 1 fully saturated rings. The van der Waals surface area contributed by atoms with Crippen molar-refractivity contribution in [2.45, 2.75) is 45.4 Å². The van der Waals surface area contributed by atoms with Crippen LogP contribution in [0.1, 0.15) is 54.4 Å². The maximum Gasteiger partial charge on any atom is 0.253 e. The number of rotatable bonds is 5. The molecule has 0 bridgehead atoms. The third kappa shape index (κ3) is 5.44. The number of nitrogens with two attached hydrogens (primary N) is 1. The SMILES string of the molecule is Cc1cc(NC(=O)CC2(CN)CCCCC2)ccc1C(=O)N(C)C.Cl. The predicted molar refractivity (Wildman–Crippen MR) is 104 cm³/mol. The van der Waals surface area contributed by atoms with Crippen molar-refractivity contribution in [1.29, 1.82) is 0 Å². The molecule has 0 atom stereocenters. The van der Waals surface area contributed by atoms with Crippen LogP contribution in [0, 0.1) is 12.3 Å². The van der Waals surface area contributed by atoms with Crippen LogP contribution in [0.3, 0.4) is 0 Å². The van der Waals surface area contributed by atoms with Gasteiger partial charge < -0.3 is 16.0 Å². The van der Waals surface area contributed by atoms with Crippen molar-refractivity contribution < 1.29 is 9.59 Å². The summed E-state index contributed by atoms with van der Waals surface area (Å²) in [5, 5.41) is 2.97. The summed E-state index contributed by atoms with van der Waals surface area (Å²) in [6.45, 7) is 2.45. The van der Waals surface area contributed by atoms with E-state index in [1.165, 1.54) is 6.42 Å². The minimum absolute atomic E-state index is 0. The Balaban J connectivity index is 0.00000312. The molecule has 1 aromatic carbocycles. The molecule has 1 aliphatic rings. The molecule has 0 saturated heterocycles. The Kier molecular flexibility index (Phi) is 7.90. The van der Waals surface area contributed by atoms with Crippen LogP contribution in [0.25, 0.3) is 0 Å². The van der Waals surface area contributed by atoms with Crippen LogP contribution in [0.5, 0.6) is 0 Å². The van der Waals surface area contributed by atoms with Gasteiger partial charge in [-0.2, -0.15) is 0 Å². The predicted octanol–water partition coefficient (Wildman–Crippen LogP) is 3.36. The molecule has 6 heteroatoms. The molecule has 25 heavy (non-hydrogen) atoms. The van der Waals surface area contributed by atoms with Crippen molar-refractivity contribution in [3.63, 3.8) is 0 Å². The van der Waals surface area contributed by atoms with Crippen molar-refractivity contribution in [3.05, 3.63) is 29.3 Å². The van der Waals surface area contributed by atoms with E-state index in [9.17, 15) is 9.59 Å². The Morgan fingerprint density at radius 3 is 2.36 bits per heavy atom. The third-order valence-corrected chi connectivity index (χ3v) is 5.03. The number of hydrogen-bond donors (Lipinski definition) is 2. The van der Waals surface area contributed by atoms with Crippen molar-refractivity contribution in [1.82, 2.24) is 4.90 Å². The Morgan fingerprint density at radius 1 is 1.20 bits per heavy atom. The van der Waals surface area contributed by atoms with Crippen LogP contribution >= 0.6 is 12.4 Å². The van der Waals surface area contributed by atoms with Gasteiger partial charge in [0.1, 0.15) is 0 Å². The van der Waals surface area contributed by atoms with Gasteiger partial charge in [-0.15, -0.1) is 12.4 Å². The average Bonchev–Trinajstić information content (AvgIpc) is 2.55. The lowest BCUT2D eigenvalue weighted by molar-refractivity contribution is -0.118. The fourth-order valence-electron chi connectivity index (χ4n) is 3.52. The maximum absolute atomic E-state index is 12.4. The van der Waals surface area contributed by atoms with Crippen LogP contribution in [0.4, 0.5) is 5.69 Å². The lowest BCUT2D eigenvalue weighted by atomic mass is 9.71. The Labute approximate surface area is 156 Å². The molecule has 140 valence electrons. The van der Waals surface area contributed by atoms with E-state index in [1.807, 2.05) is 13.0 Å². The summed E-state index contributed by atoms with van der Waals surface area (Å²) in [5.41, 5.74) is 8.17. The number of carbonyl (C=O) groups excluding carboxylic acids is 2. The van der Waals surface area contributed by atoms with E-state index in [0.29, 0.717) is 18.5 Å². The molecule has 1 saturated carbocycles. The number of benzene rings is 1. The minimum Gasteiger partial charge on any atom is -0.345 e. The van der Waals surface area contributed by atoms with Gasteiger partial charge in [0.2, 0.25) is 5.91 Å². The number of amides is 2. The van der Waals surface area contributed by atoms with Crippen molar-refractivity contribution in [3.8, 4) is 0 Å². The van der Waals surface area contributed by atoms with Gasteiger partial charge in [0.15, 0.2) is 0 Å². The topological polar surface area (TPSA) is 75.4 Å². The summed E-state index contributed by atoms with van der Waals surface area (Å²) in [4.78, 5) is 26.1. The largest absolute Gasteiger partial charge is 0.345 e. The van der Waals surface area contributed by atoms with E-state index in [2.05, 4.69) is 5.32 Å². The number of nitrogens with one attached hydrogen (secondary N) is 1. The van der Waals surface area contributed by atoms with E-state index >= 15 is 0 Å². The van der Waals surface area contributed by atoms with Crippen LogP contribution < -0.4 is 11.1 Å². The highest BCUT2D eigenvalue weighted by molar-refractivity contribution is 5.97. The number of halogens is 1. The van der Waals surface area contributed by atoms with Gasteiger partial charge in [0.25, 0.3) is 5.91 Å². The summed E-state index contributed by atoms with van der Waals surface area (Å²) >= 11 is 0. The molecule has 0 aliphatic heterocycles. The Hall–Kier alpha value is -1.59. The van der Waals surface area contributed by atoms with Crippen LogP contribution in [-0.2, 0) is 4.79 Å². The van der Waals surface area contributed by atoms with E-state index in [1.54, 1.807) is 31.1 Å². The smallest absolute Gasteiger partial charge is 0.253 e. The second-order valence-corrected chi connectivity index (χ2v) is 7.22. The number of aryl methyl sites for hydroxylation is 1. The molecule has 0 unspecified atom stereocenters.